The van der Waals surface area contributed by atoms with Gasteiger partial charge < -0.3 is 14.7 Å². The van der Waals surface area contributed by atoms with Crippen molar-refractivity contribution >= 4 is 5.91 Å². The summed E-state index contributed by atoms with van der Waals surface area (Å²) in [4.78, 5) is 13.2. The molecule has 1 aromatic rings. The van der Waals surface area contributed by atoms with E-state index in [1.807, 2.05) is 0 Å². The Bertz CT molecular complexity index is 614. The largest absolute Gasteiger partial charge is 0.417 e. The van der Waals surface area contributed by atoms with Crippen molar-refractivity contribution in [3.8, 4) is 0 Å². The molecule has 24 heavy (non-hydrogen) atoms. The summed E-state index contributed by atoms with van der Waals surface area (Å²) in [6.07, 6.45) is -11.2. The third-order valence-electron chi connectivity index (χ3n) is 3.42. The first-order valence-electron chi connectivity index (χ1n) is 6.83. The number of nitrogens with zero attached hydrogens (tertiary/aromatic N) is 1. The van der Waals surface area contributed by atoms with Gasteiger partial charge in [0.15, 0.2) is 0 Å². The zero-order valence-electron chi connectivity index (χ0n) is 12.1. The molecule has 0 unspecified atom stereocenters. The van der Waals surface area contributed by atoms with Gasteiger partial charge in [-0.2, -0.15) is 26.3 Å². The normalized spacial score (nSPS) is 20.0. The Kier molecular flexibility index (Phi) is 5.09. The number of halogens is 6. The summed E-state index contributed by atoms with van der Waals surface area (Å²) in [5.41, 5.74) is -4.06. The van der Waals surface area contributed by atoms with Crippen molar-refractivity contribution in [3.63, 3.8) is 0 Å². The van der Waals surface area contributed by atoms with Crippen LogP contribution in [0.1, 0.15) is 21.5 Å². The Balaban J connectivity index is 2.43. The predicted octanol–water partition coefficient (Wildman–Crippen LogP) is 2.56. The Morgan fingerprint density at radius 1 is 1.17 bits per heavy atom. The van der Waals surface area contributed by atoms with Gasteiger partial charge in [-0.15, -0.1) is 0 Å². The van der Waals surface area contributed by atoms with Crippen LogP contribution in [0.15, 0.2) is 18.2 Å². The van der Waals surface area contributed by atoms with E-state index < -0.39 is 41.1 Å². The molecule has 0 aliphatic carbocycles. The van der Waals surface area contributed by atoms with Crippen molar-refractivity contribution in [1.29, 1.82) is 0 Å². The highest BCUT2D eigenvalue weighted by molar-refractivity contribution is 5.96. The van der Waals surface area contributed by atoms with Gasteiger partial charge in [0.05, 0.1) is 36.0 Å². The molecule has 1 fully saturated rings. The molecular formula is C14H13F6NO3. The van der Waals surface area contributed by atoms with E-state index in [0.717, 1.165) is 4.90 Å². The summed E-state index contributed by atoms with van der Waals surface area (Å²) in [5, 5.41) is 9.55. The molecule has 2 rings (SSSR count). The molecule has 1 saturated heterocycles. The topological polar surface area (TPSA) is 49.8 Å². The number of alkyl halides is 6. The molecule has 4 nitrogen and oxygen atoms in total. The second kappa shape index (κ2) is 6.60. The number of amides is 1. The predicted molar refractivity (Wildman–Crippen MR) is 69.2 cm³/mol. The fourth-order valence-corrected chi connectivity index (χ4v) is 2.29. The molecule has 1 atom stereocenters. The summed E-state index contributed by atoms with van der Waals surface area (Å²) in [7, 11) is 0. The van der Waals surface area contributed by atoms with Crippen molar-refractivity contribution in [1.82, 2.24) is 4.90 Å². The van der Waals surface area contributed by atoms with E-state index in [1.54, 1.807) is 0 Å². The number of benzene rings is 1. The number of aliphatic hydroxyl groups is 1. The first-order valence-corrected chi connectivity index (χ1v) is 6.83. The number of β-amino-alcohol motifs (C(OH)–C–C–N with tert-alkyl or cyclic N) is 1. The first kappa shape index (κ1) is 18.5. The highest BCUT2D eigenvalue weighted by atomic mass is 19.4. The van der Waals surface area contributed by atoms with Crippen LogP contribution in [0, 0.1) is 0 Å². The number of aliphatic hydroxyl groups excluding tert-OH is 1. The standard InChI is InChI=1S/C14H13F6NO3/c15-13(16,17)8-1-2-10(11(5-8)14(18,19)20)12(23)21-3-4-24-7-9(22)6-21/h1-2,5,9,22H,3-4,6-7H2/t9-/m1/s1. The third kappa shape index (κ3) is 4.18. The molecule has 1 N–H and O–H groups in total. The van der Waals surface area contributed by atoms with Gasteiger partial charge in [0, 0.05) is 13.1 Å². The molecule has 1 aliphatic rings. The molecule has 0 saturated carbocycles. The van der Waals surface area contributed by atoms with E-state index in [-0.39, 0.29) is 32.4 Å². The molecule has 0 spiro atoms. The van der Waals surface area contributed by atoms with E-state index in [0.29, 0.717) is 12.1 Å². The Labute approximate surface area is 132 Å². The quantitative estimate of drug-likeness (QED) is 0.786. The van der Waals surface area contributed by atoms with Gasteiger partial charge in [-0.1, -0.05) is 0 Å². The van der Waals surface area contributed by atoms with Gasteiger partial charge in [-0.3, -0.25) is 4.79 Å². The lowest BCUT2D eigenvalue weighted by Crippen LogP contribution is -2.38. The van der Waals surface area contributed by atoms with Crippen LogP contribution in [-0.2, 0) is 17.1 Å². The number of hydrogen-bond donors (Lipinski definition) is 1. The summed E-state index contributed by atoms with van der Waals surface area (Å²) in [6.45, 7) is -0.418. The maximum absolute atomic E-state index is 13.1. The molecule has 1 heterocycles. The number of hydrogen-bond acceptors (Lipinski definition) is 3. The minimum absolute atomic E-state index is 0.00475. The Morgan fingerprint density at radius 3 is 2.42 bits per heavy atom. The summed E-state index contributed by atoms with van der Waals surface area (Å²) < 4.78 is 82.1. The molecule has 134 valence electrons. The lowest BCUT2D eigenvalue weighted by Gasteiger charge is -2.23. The van der Waals surface area contributed by atoms with Crippen molar-refractivity contribution in [2.45, 2.75) is 18.5 Å². The number of ether oxygens (including phenoxy) is 1. The highest BCUT2D eigenvalue weighted by Crippen LogP contribution is 2.37. The minimum atomic E-state index is -5.13. The molecule has 1 aromatic carbocycles. The summed E-state index contributed by atoms with van der Waals surface area (Å²) in [5.74, 6) is -1.11. The average Bonchev–Trinajstić information content (AvgIpc) is 2.68. The molecule has 0 bridgehead atoms. The van der Waals surface area contributed by atoms with E-state index in [9.17, 15) is 36.2 Å². The van der Waals surface area contributed by atoms with Gasteiger partial charge in [-0.25, -0.2) is 0 Å². The molecule has 0 radical (unpaired) electrons. The van der Waals surface area contributed by atoms with Crippen LogP contribution in [0.25, 0.3) is 0 Å². The van der Waals surface area contributed by atoms with Crippen LogP contribution in [-0.4, -0.2) is 48.3 Å². The van der Waals surface area contributed by atoms with Crippen LogP contribution < -0.4 is 0 Å². The van der Waals surface area contributed by atoms with E-state index in [1.165, 1.54) is 0 Å². The second-order valence-electron chi connectivity index (χ2n) is 5.24. The van der Waals surface area contributed by atoms with Crippen molar-refractivity contribution in [2.24, 2.45) is 0 Å². The monoisotopic (exact) mass is 357 g/mol. The molecule has 1 amide bonds. The number of carbonyl (C=O) groups is 1. The Hall–Kier alpha value is -1.81. The van der Waals surface area contributed by atoms with Crippen LogP contribution in [0.4, 0.5) is 26.3 Å². The van der Waals surface area contributed by atoms with E-state index in [2.05, 4.69) is 0 Å². The van der Waals surface area contributed by atoms with Gasteiger partial charge in [-0.05, 0) is 18.2 Å². The average molecular weight is 357 g/mol. The van der Waals surface area contributed by atoms with E-state index in [4.69, 9.17) is 4.74 Å². The van der Waals surface area contributed by atoms with Crippen LogP contribution in [0.5, 0.6) is 0 Å². The lowest BCUT2D eigenvalue weighted by atomic mass is 10.0. The fourth-order valence-electron chi connectivity index (χ4n) is 2.29. The number of rotatable bonds is 1. The SMILES string of the molecule is O=C(c1ccc(C(F)(F)F)cc1C(F)(F)F)N1CCOC[C@H](O)C1. The van der Waals surface area contributed by atoms with Crippen molar-refractivity contribution < 1.29 is 41.0 Å². The highest BCUT2D eigenvalue weighted by Gasteiger charge is 2.40. The zero-order valence-corrected chi connectivity index (χ0v) is 12.1. The van der Waals surface area contributed by atoms with Gasteiger partial charge in [0.25, 0.3) is 5.91 Å². The van der Waals surface area contributed by atoms with Gasteiger partial charge >= 0.3 is 12.4 Å². The van der Waals surface area contributed by atoms with Crippen LogP contribution >= 0.6 is 0 Å². The molecular weight excluding hydrogens is 344 g/mol. The Morgan fingerprint density at radius 2 is 1.83 bits per heavy atom. The van der Waals surface area contributed by atoms with Gasteiger partial charge in [0.1, 0.15) is 0 Å². The molecule has 10 heteroatoms. The molecule has 1 aliphatic heterocycles. The van der Waals surface area contributed by atoms with Crippen molar-refractivity contribution in [3.05, 3.63) is 34.9 Å². The maximum Gasteiger partial charge on any atom is 0.417 e. The smallest absolute Gasteiger partial charge is 0.389 e. The summed E-state index contributed by atoms with van der Waals surface area (Å²) >= 11 is 0. The minimum Gasteiger partial charge on any atom is -0.389 e. The van der Waals surface area contributed by atoms with Crippen molar-refractivity contribution in [2.75, 3.05) is 26.3 Å². The number of carbonyl (C=O) groups excluding carboxylic acids is 1. The zero-order chi connectivity index (χ0) is 18.1. The van der Waals surface area contributed by atoms with Crippen LogP contribution in [0.3, 0.4) is 0 Å². The fraction of sp³-hybridized carbons (Fsp3) is 0.500. The van der Waals surface area contributed by atoms with E-state index >= 15 is 0 Å². The maximum atomic E-state index is 13.1. The van der Waals surface area contributed by atoms with Crippen LogP contribution in [0.2, 0.25) is 0 Å². The lowest BCUT2D eigenvalue weighted by molar-refractivity contribution is -0.143. The first-order chi connectivity index (χ1) is 11.0. The molecule has 0 aromatic heterocycles. The van der Waals surface area contributed by atoms with Gasteiger partial charge in [0.2, 0.25) is 0 Å². The second-order valence-corrected chi connectivity index (χ2v) is 5.24. The summed E-state index contributed by atoms with van der Waals surface area (Å²) in [6, 6.07) is 0.845. The third-order valence-corrected chi connectivity index (χ3v) is 3.42.